The van der Waals surface area contributed by atoms with Gasteiger partial charge in [0, 0.05) is 0 Å². The van der Waals surface area contributed by atoms with Gasteiger partial charge >= 0.3 is 0 Å². The Kier molecular flexibility index (Phi) is 8.77. The van der Waals surface area contributed by atoms with Crippen molar-refractivity contribution in [1.82, 2.24) is 0 Å². The molecular formula is C10H15O4-. The molecule has 0 aromatic heterocycles. The summed E-state index contributed by atoms with van der Waals surface area (Å²) in [7, 11) is 0. The van der Waals surface area contributed by atoms with Gasteiger partial charge < -0.3 is 5.11 Å². The maximum atomic E-state index is 10.0. The molecule has 0 aliphatic carbocycles. The van der Waals surface area contributed by atoms with E-state index in [1.807, 2.05) is 0 Å². The molecule has 4 heteroatoms. The first kappa shape index (κ1) is 15.0. The number of hydrogen-bond acceptors (Lipinski definition) is 4. The molecule has 0 saturated heterocycles. The highest BCUT2D eigenvalue weighted by molar-refractivity contribution is 5.96. The molecule has 0 saturated carbocycles. The van der Waals surface area contributed by atoms with Crippen molar-refractivity contribution in [3.05, 3.63) is 11.8 Å². The predicted molar refractivity (Wildman–Crippen MR) is 50.4 cm³/mol. The first-order valence-corrected chi connectivity index (χ1v) is 4.10. The molecule has 0 atom stereocenters. The second-order valence-electron chi connectivity index (χ2n) is 2.95. The van der Waals surface area contributed by atoms with Crippen molar-refractivity contribution < 1.29 is 19.5 Å². The number of carbonyl (C=O) groups excluding carboxylic acids is 3. The Labute approximate surface area is 83.6 Å². The van der Waals surface area contributed by atoms with Gasteiger partial charge in [-0.25, -0.2) is 0 Å². The van der Waals surface area contributed by atoms with Gasteiger partial charge in [0.05, 0.1) is 6.42 Å². The summed E-state index contributed by atoms with van der Waals surface area (Å²) in [6.07, 6.45) is 1.14. The summed E-state index contributed by atoms with van der Waals surface area (Å²) in [6.45, 7) is 5.51. The maximum Gasteiger partial charge on any atom is 0.151 e. The first-order chi connectivity index (χ1) is 6.25. The van der Waals surface area contributed by atoms with E-state index in [1.165, 1.54) is 27.7 Å². The van der Waals surface area contributed by atoms with Crippen LogP contribution >= 0.6 is 0 Å². The molecule has 80 valence electrons. The molecule has 0 fully saturated rings. The van der Waals surface area contributed by atoms with Crippen molar-refractivity contribution in [2.75, 3.05) is 0 Å². The van der Waals surface area contributed by atoms with Crippen LogP contribution in [0.15, 0.2) is 11.8 Å². The monoisotopic (exact) mass is 199 g/mol. The van der Waals surface area contributed by atoms with Crippen LogP contribution in [0.2, 0.25) is 0 Å². The lowest BCUT2D eigenvalue weighted by Gasteiger charge is -1.98. The molecule has 0 aliphatic heterocycles. The summed E-state index contributed by atoms with van der Waals surface area (Å²) < 4.78 is 0. The number of hydrogen-bond donors (Lipinski definition) is 0. The molecule has 0 spiro atoms. The summed E-state index contributed by atoms with van der Waals surface area (Å²) in [5, 5.41) is 9.98. The average molecular weight is 199 g/mol. The zero-order chi connectivity index (χ0) is 11.7. The van der Waals surface area contributed by atoms with E-state index in [1.54, 1.807) is 0 Å². The van der Waals surface area contributed by atoms with E-state index in [-0.39, 0.29) is 29.5 Å². The maximum absolute atomic E-state index is 10.0. The SMILES string of the molecule is CC(=O)/C=C(/C)[O-].CC(=O)CC(C)=O. The number of carbonyl (C=O) groups is 3. The Morgan fingerprint density at radius 3 is 1.36 bits per heavy atom. The quantitative estimate of drug-likeness (QED) is 0.374. The molecule has 0 aliphatic rings. The lowest BCUT2D eigenvalue weighted by Crippen LogP contribution is -1.99. The molecule has 0 bridgehead atoms. The van der Waals surface area contributed by atoms with E-state index in [0.29, 0.717) is 0 Å². The fourth-order valence-corrected chi connectivity index (χ4v) is 0.637. The van der Waals surface area contributed by atoms with E-state index in [9.17, 15) is 19.5 Å². The summed E-state index contributed by atoms with van der Waals surface area (Å²) in [6, 6.07) is 0. The van der Waals surface area contributed by atoms with Crippen LogP contribution in [0.1, 0.15) is 34.1 Å². The number of rotatable bonds is 3. The van der Waals surface area contributed by atoms with Gasteiger partial charge in [0.15, 0.2) is 5.78 Å². The van der Waals surface area contributed by atoms with Crippen LogP contribution in [0.5, 0.6) is 0 Å². The van der Waals surface area contributed by atoms with Crippen LogP contribution in [0.3, 0.4) is 0 Å². The molecule has 14 heavy (non-hydrogen) atoms. The predicted octanol–water partition coefficient (Wildman–Crippen LogP) is 0.394. The fourth-order valence-electron chi connectivity index (χ4n) is 0.637. The summed E-state index contributed by atoms with van der Waals surface area (Å²) in [5.74, 6) is -0.500. The van der Waals surface area contributed by atoms with E-state index in [4.69, 9.17) is 0 Å². The zero-order valence-electron chi connectivity index (χ0n) is 8.92. The van der Waals surface area contributed by atoms with Gasteiger partial charge in [-0.15, -0.1) is 5.76 Å². The summed E-state index contributed by atoms with van der Waals surface area (Å²) >= 11 is 0. The standard InChI is InChI=1S/2C5H8O2/c2*1-4(6)3-5(2)7/h3H2,1-2H3;3,6H,1-2H3/p-1/b;4-3-. The third kappa shape index (κ3) is 22.4. The van der Waals surface area contributed by atoms with Gasteiger partial charge in [-0.3, -0.25) is 14.4 Å². The lowest BCUT2D eigenvalue weighted by molar-refractivity contribution is -0.301. The molecule has 0 N–H and O–H groups in total. The molecule has 0 heterocycles. The highest BCUT2D eigenvalue weighted by Gasteiger charge is 1.94. The van der Waals surface area contributed by atoms with Crippen LogP contribution < -0.4 is 5.11 Å². The number of Topliss-reactive ketones (excluding diaryl/α,β-unsaturated/α-hetero) is 2. The molecule has 0 amide bonds. The minimum atomic E-state index is -0.187. The fraction of sp³-hybridized carbons (Fsp3) is 0.500. The van der Waals surface area contributed by atoms with Crippen molar-refractivity contribution in [3.8, 4) is 0 Å². The average Bonchev–Trinajstić information content (AvgIpc) is 1.79. The Bertz CT molecular complexity index is 235. The molecule has 0 aromatic rings. The van der Waals surface area contributed by atoms with E-state index in [2.05, 4.69) is 0 Å². The molecule has 4 nitrogen and oxygen atoms in total. The number of ketones is 3. The van der Waals surface area contributed by atoms with Crippen molar-refractivity contribution in [2.24, 2.45) is 0 Å². The normalized spacial score (nSPS) is 9.86. The summed E-state index contributed by atoms with van der Waals surface area (Å²) in [4.78, 5) is 30.0. The second kappa shape index (κ2) is 8.16. The van der Waals surface area contributed by atoms with Gasteiger partial charge in [0.2, 0.25) is 0 Å². The van der Waals surface area contributed by atoms with Crippen molar-refractivity contribution >= 4 is 17.3 Å². The third-order valence-electron chi connectivity index (χ3n) is 0.904. The Balaban J connectivity index is 0. The minimum absolute atomic E-state index is 0.0625. The highest BCUT2D eigenvalue weighted by Crippen LogP contribution is 1.80. The van der Waals surface area contributed by atoms with Crippen LogP contribution in [-0.2, 0) is 14.4 Å². The molecule has 0 aromatic carbocycles. The molecule has 0 unspecified atom stereocenters. The zero-order valence-corrected chi connectivity index (χ0v) is 8.92. The second-order valence-corrected chi connectivity index (χ2v) is 2.95. The smallest absolute Gasteiger partial charge is 0.151 e. The van der Waals surface area contributed by atoms with Gasteiger partial charge in [0.1, 0.15) is 11.6 Å². The van der Waals surface area contributed by atoms with Crippen molar-refractivity contribution in [3.63, 3.8) is 0 Å². The highest BCUT2D eigenvalue weighted by atomic mass is 16.3. The van der Waals surface area contributed by atoms with Gasteiger partial charge in [-0.05, 0) is 26.8 Å². The lowest BCUT2D eigenvalue weighted by atomic mass is 10.2. The Hall–Kier alpha value is -1.45. The van der Waals surface area contributed by atoms with E-state index < -0.39 is 0 Å². The van der Waals surface area contributed by atoms with Gasteiger partial charge in [0.25, 0.3) is 0 Å². The largest absolute Gasteiger partial charge is 0.876 e. The molecule has 0 rings (SSSR count). The minimum Gasteiger partial charge on any atom is -0.876 e. The molecule has 0 radical (unpaired) electrons. The van der Waals surface area contributed by atoms with Gasteiger partial charge in [-0.2, -0.15) is 0 Å². The van der Waals surface area contributed by atoms with E-state index in [0.717, 1.165) is 6.08 Å². The first-order valence-electron chi connectivity index (χ1n) is 4.10. The third-order valence-corrected chi connectivity index (χ3v) is 0.904. The van der Waals surface area contributed by atoms with Crippen LogP contribution in [-0.4, -0.2) is 17.3 Å². The topological polar surface area (TPSA) is 74.3 Å². The number of allylic oxidation sites excluding steroid dienone is 2. The van der Waals surface area contributed by atoms with Crippen LogP contribution in [0, 0.1) is 0 Å². The van der Waals surface area contributed by atoms with Crippen LogP contribution in [0.4, 0.5) is 0 Å². The van der Waals surface area contributed by atoms with Crippen LogP contribution in [0.25, 0.3) is 0 Å². The Morgan fingerprint density at radius 1 is 1.00 bits per heavy atom. The van der Waals surface area contributed by atoms with E-state index >= 15 is 0 Å². The molecular weight excluding hydrogens is 184 g/mol. The van der Waals surface area contributed by atoms with Crippen molar-refractivity contribution in [1.29, 1.82) is 0 Å². The van der Waals surface area contributed by atoms with Gasteiger partial charge in [-0.1, -0.05) is 6.92 Å². The Morgan fingerprint density at radius 2 is 1.36 bits per heavy atom. The summed E-state index contributed by atoms with van der Waals surface area (Å²) in [5.41, 5.74) is 0. The van der Waals surface area contributed by atoms with Crippen molar-refractivity contribution in [2.45, 2.75) is 34.1 Å².